The van der Waals surface area contributed by atoms with E-state index in [4.69, 9.17) is 5.73 Å². The van der Waals surface area contributed by atoms with E-state index in [1.807, 2.05) is 6.07 Å². The van der Waals surface area contributed by atoms with Gasteiger partial charge in [0.2, 0.25) is 0 Å². The minimum Gasteiger partial charge on any atom is -0.320 e. The summed E-state index contributed by atoms with van der Waals surface area (Å²) in [4.78, 5) is 0. The van der Waals surface area contributed by atoms with Crippen LogP contribution in [0.1, 0.15) is 29.7 Å². The molecule has 0 amide bonds. The first-order chi connectivity index (χ1) is 8.61. The Morgan fingerprint density at radius 3 is 2.72 bits per heavy atom. The molecule has 0 aliphatic heterocycles. The Morgan fingerprint density at radius 1 is 1.22 bits per heavy atom. The monoisotopic (exact) mass is 415 g/mol. The summed E-state index contributed by atoms with van der Waals surface area (Å²) >= 11 is 5.84. The van der Waals surface area contributed by atoms with Crippen molar-refractivity contribution in [2.24, 2.45) is 5.73 Å². The maximum absolute atomic E-state index is 6.38. The van der Waals surface area contributed by atoms with Crippen LogP contribution in [0.2, 0.25) is 0 Å². The number of halogens is 2. The smallest absolute Gasteiger partial charge is 0.0562 e. The molecule has 0 bridgehead atoms. The fraction of sp³-hybridized carbons (Fsp3) is 0.200. The summed E-state index contributed by atoms with van der Waals surface area (Å²) in [6.07, 6.45) is 1.04. The van der Waals surface area contributed by atoms with E-state index in [-0.39, 0.29) is 6.04 Å². The molecule has 2 N–H and O–H groups in total. The van der Waals surface area contributed by atoms with Crippen LogP contribution < -0.4 is 5.73 Å². The molecule has 1 unspecified atom stereocenters. The van der Waals surface area contributed by atoms with Gasteiger partial charge in [0.25, 0.3) is 0 Å². The average molecular weight is 416 g/mol. The van der Waals surface area contributed by atoms with Gasteiger partial charge in [-0.25, -0.2) is 0 Å². The summed E-state index contributed by atoms with van der Waals surface area (Å²) in [5, 5.41) is 0. The molecule has 2 rings (SSSR count). The van der Waals surface area contributed by atoms with Crippen LogP contribution in [0, 0.1) is 3.57 Å². The van der Waals surface area contributed by atoms with Crippen LogP contribution in [0.25, 0.3) is 0 Å². The van der Waals surface area contributed by atoms with Crippen molar-refractivity contribution in [3.8, 4) is 0 Å². The fourth-order valence-electron chi connectivity index (χ4n) is 1.94. The third-order valence-corrected chi connectivity index (χ3v) is 4.49. The number of hydrogen-bond acceptors (Lipinski definition) is 1. The Labute approximate surface area is 130 Å². The van der Waals surface area contributed by atoms with E-state index in [2.05, 4.69) is 81.8 Å². The predicted octanol–water partition coefficient (Wildman–Crippen LogP) is 4.66. The number of hydrogen-bond donors (Lipinski definition) is 1. The Hall–Kier alpha value is -0.390. The Balaban J connectivity index is 2.40. The molecule has 0 fully saturated rings. The summed E-state index contributed by atoms with van der Waals surface area (Å²) in [6, 6.07) is 14.7. The molecule has 0 aliphatic rings. The highest BCUT2D eigenvalue weighted by molar-refractivity contribution is 14.1. The molecule has 0 radical (unpaired) electrons. The largest absolute Gasteiger partial charge is 0.320 e. The Bertz CT molecular complexity index is 554. The van der Waals surface area contributed by atoms with Gasteiger partial charge >= 0.3 is 0 Å². The molecule has 0 saturated carbocycles. The molecule has 2 aromatic rings. The normalized spacial score (nSPS) is 12.4. The quantitative estimate of drug-likeness (QED) is 0.724. The van der Waals surface area contributed by atoms with Crippen molar-refractivity contribution in [1.82, 2.24) is 0 Å². The average Bonchev–Trinajstić information content (AvgIpc) is 2.41. The molecule has 1 atom stereocenters. The molecule has 94 valence electrons. The first-order valence-corrected chi connectivity index (χ1v) is 7.78. The first-order valence-electron chi connectivity index (χ1n) is 5.91. The van der Waals surface area contributed by atoms with Crippen molar-refractivity contribution in [1.29, 1.82) is 0 Å². The molecule has 0 aliphatic carbocycles. The number of aryl methyl sites for hydroxylation is 1. The highest BCUT2D eigenvalue weighted by Gasteiger charge is 2.12. The predicted molar refractivity (Wildman–Crippen MR) is 88.7 cm³/mol. The lowest BCUT2D eigenvalue weighted by Crippen LogP contribution is -2.13. The van der Waals surface area contributed by atoms with Gasteiger partial charge in [-0.2, -0.15) is 0 Å². The van der Waals surface area contributed by atoms with Gasteiger partial charge in [0.15, 0.2) is 0 Å². The van der Waals surface area contributed by atoms with Gasteiger partial charge in [-0.3, -0.25) is 0 Å². The first kappa shape index (κ1) is 14.0. The molecule has 2 aromatic carbocycles. The third-order valence-electron chi connectivity index (χ3n) is 3.01. The van der Waals surface area contributed by atoms with Gasteiger partial charge in [0.1, 0.15) is 0 Å². The van der Waals surface area contributed by atoms with Crippen LogP contribution in [0.4, 0.5) is 0 Å². The van der Waals surface area contributed by atoms with E-state index >= 15 is 0 Å². The van der Waals surface area contributed by atoms with Crippen molar-refractivity contribution in [3.63, 3.8) is 0 Å². The minimum atomic E-state index is -0.0686. The molecule has 0 aromatic heterocycles. The van der Waals surface area contributed by atoms with Crippen LogP contribution in [-0.2, 0) is 6.42 Å². The lowest BCUT2D eigenvalue weighted by atomic mass is 9.97. The number of nitrogens with two attached hydrogens (primary N) is 1. The lowest BCUT2D eigenvalue weighted by Gasteiger charge is -2.15. The number of benzene rings is 2. The van der Waals surface area contributed by atoms with E-state index < -0.39 is 0 Å². The molecule has 1 nitrogen and oxygen atoms in total. The van der Waals surface area contributed by atoms with Gasteiger partial charge in [-0.05, 0) is 63.9 Å². The standard InChI is InChI=1S/C15H15BrIN/c1-2-10-4-3-5-11(8-10)15(18)13-9-12(16)6-7-14(13)17/h3-9,15H,2,18H2,1H3. The second-order valence-corrected chi connectivity index (χ2v) is 6.32. The lowest BCUT2D eigenvalue weighted by molar-refractivity contribution is 0.860. The van der Waals surface area contributed by atoms with E-state index in [1.54, 1.807) is 0 Å². The van der Waals surface area contributed by atoms with Gasteiger partial charge in [-0.15, -0.1) is 0 Å². The van der Waals surface area contributed by atoms with Crippen molar-refractivity contribution in [2.75, 3.05) is 0 Å². The molecular weight excluding hydrogens is 401 g/mol. The molecule has 0 heterocycles. The maximum Gasteiger partial charge on any atom is 0.0562 e. The van der Waals surface area contributed by atoms with E-state index in [0.717, 1.165) is 10.9 Å². The zero-order chi connectivity index (χ0) is 13.1. The second kappa shape index (κ2) is 6.17. The Morgan fingerprint density at radius 2 is 2.00 bits per heavy atom. The Kier molecular flexibility index (Phi) is 4.81. The van der Waals surface area contributed by atoms with Gasteiger partial charge < -0.3 is 5.73 Å². The SMILES string of the molecule is CCc1cccc(C(N)c2cc(Br)ccc2I)c1. The van der Waals surface area contributed by atoms with Crippen LogP contribution >= 0.6 is 38.5 Å². The summed E-state index contributed by atoms with van der Waals surface area (Å²) < 4.78 is 2.27. The molecule has 0 spiro atoms. The fourth-order valence-corrected chi connectivity index (χ4v) is 2.99. The van der Waals surface area contributed by atoms with Crippen LogP contribution in [0.3, 0.4) is 0 Å². The van der Waals surface area contributed by atoms with Crippen molar-refractivity contribution >= 4 is 38.5 Å². The summed E-state index contributed by atoms with van der Waals surface area (Å²) in [6.45, 7) is 2.16. The highest BCUT2D eigenvalue weighted by Crippen LogP contribution is 2.27. The maximum atomic E-state index is 6.38. The summed E-state index contributed by atoms with van der Waals surface area (Å²) in [5.41, 5.74) is 10.0. The zero-order valence-corrected chi connectivity index (χ0v) is 13.9. The molecule has 3 heteroatoms. The summed E-state index contributed by atoms with van der Waals surface area (Å²) in [5.74, 6) is 0. The third kappa shape index (κ3) is 3.13. The van der Waals surface area contributed by atoms with Crippen molar-refractivity contribution < 1.29 is 0 Å². The van der Waals surface area contributed by atoms with Crippen molar-refractivity contribution in [3.05, 3.63) is 67.2 Å². The topological polar surface area (TPSA) is 26.0 Å². The highest BCUT2D eigenvalue weighted by atomic mass is 127. The van der Waals surface area contributed by atoms with Crippen LogP contribution in [0.5, 0.6) is 0 Å². The van der Waals surface area contributed by atoms with Crippen molar-refractivity contribution in [2.45, 2.75) is 19.4 Å². The van der Waals surface area contributed by atoms with Crippen LogP contribution in [-0.4, -0.2) is 0 Å². The minimum absolute atomic E-state index is 0.0686. The second-order valence-electron chi connectivity index (χ2n) is 4.24. The number of rotatable bonds is 3. The van der Waals surface area contributed by atoms with Gasteiger partial charge in [0, 0.05) is 8.04 Å². The van der Waals surface area contributed by atoms with Crippen LogP contribution in [0.15, 0.2) is 46.9 Å². The molecule has 0 saturated heterocycles. The van der Waals surface area contributed by atoms with E-state index in [0.29, 0.717) is 0 Å². The molecular formula is C15H15BrIN. The van der Waals surface area contributed by atoms with E-state index in [9.17, 15) is 0 Å². The van der Waals surface area contributed by atoms with Gasteiger partial charge in [0.05, 0.1) is 6.04 Å². The molecule has 18 heavy (non-hydrogen) atoms. The summed E-state index contributed by atoms with van der Waals surface area (Å²) in [7, 11) is 0. The van der Waals surface area contributed by atoms with E-state index in [1.165, 1.54) is 20.3 Å². The van der Waals surface area contributed by atoms with Gasteiger partial charge in [-0.1, -0.05) is 47.1 Å². The zero-order valence-electron chi connectivity index (χ0n) is 10.2.